The molecule has 1 atom stereocenters. The van der Waals surface area contributed by atoms with Crippen molar-refractivity contribution in [2.24, 2.45) is 5.92 Å². The molecule has 0 saturated carbocycles. The van der Waals surface area contributed by atoms with E-state index in [-0.39, 0.29) is 18.4 Å². The molecule has 20 heavy (non-hydrogen) atoms. The SMILES string of the molecule is O=C(C[C@@H]1C=CCC1)Nc1ccc2c(c1)NC(=O)CO2. The van der Waals surface area contributed by atoms with E-state index in [0.29, 0.717) is 29.5 Å². The van der Waals surface area contributed by atoms with Gasteiger partial charge in [0.15, 0.2) is 6.61 Å². The maximum atomic E-state index is 11.9. The Kier molecular flexibility index (Phi) is 3.41. The van der Waals surface area contributed by atoms with E-state index in [9.17, 15) is 9.59 Å². The lowest BCUT2D eigenvalue weighted by molar-refractivity contribution is -0.118. The van der Waals surface area contributed by atoms with Crippen LogP contribution in [0.2, 0.25) is 0 Å². The Bertz CT molecular complexity index is 580. The number of nitrogens with one attached hydrogen (secondary N) is 2. The Labute approximate surface area is 117 Å². The number of amides is 2. The van der Waals surface area contributed by atoms with Gasteiger partial charge in [-0.2, -0.15) is 0 Å². The molecule has 1 aliphatic heterocycles. The molecule has 2 N–H and O–H groups in total. The Morgan fingerprint density at radius 1 is 1.45 bits per heavy atom. The van der Waals surface area contributed by atoms with E-state index < -0.39 is 0 Å². The van der Waals surface area contributed by atoms with Crippen LogP contribution in [0.4, 0.5) is 11.4 Å². The number of allylic oxidation sites excluding steroid dienone is 2. The first kappa shape index (κ1) is 12.7. The van der Waals surface area contributed by atoms with E-state index in [4.69, 9.17) is 4.74 Å². The highest BCUT2D eigenvalue weighted by Gasteiger charge is 2.17. The Hall–Kier alpha value is -2.30. The van der Waals surface area contributed by atoms with Crippen LogP contribution in [0.25, 0.3) is 0 Å². The molecule has 0 saturated heterocycles. The fraction of sp³-hybridized carbons (Fsp3) is 0.333. The van der Waals surface area contributed by atoms with Crippen molar-refractivity contribution in [3.63, 3.8) is 0 Å². The van der Waals surface area contributed by atoms with Crippen molar-refractivity contribution in [1.82, 2.24) is 0 Å². The predicted molar refractivity (Wildman–Crippen MR) is 75.7 cm³/mol. The van der Waals surface area contributed by atoms with Crippen LogP contribution in [-0.2, 0) is 9.59 Å². The van der Waals surface area contributed by atoms with Crippen molar-refractivity contribution in [3.8, 4) is 5.75 Å². The van der Waals surface area contributed by atoms with E-state index in [1.54, 1.807) is 18.2 Å². The fourth-order valence-electron chi connectivity index (χ4n) is 2.48. The standard InChI is InChI=1S/C15H16N2O3/c18-14(7-10-3-1-2-4-10)16-11-5-6-13-12(8-11)17-15(19)9-20-13/h1,3,5-6,8,10H,2,4,7,9H2,(H,16,18)(H,17,19)/t10-/m1/s1. The highest BCUT2D eigenvalue weighted by atomic mass is 16.5. The maximum absolute atomic E-state index is 11.9. The molecule has 0 fully saturated rings. The smallest absolute Gasteiger partial charge is 0.262 e. The number of hydrogen-bond acceptors (Lipinski definition) is 3. The molecule has 1 aliphatic carbocycles. The number of hydrogen-bond donors (Lipinski definition) is 2. The van der Waals surface area contributed by atoms with Crippen LogP contribution in [0, 0.1) is 5.92 Å². The maximum Gasteiger partial charge on any atom is 0.262 e. The zero-order valence-electron chi connectivity index (χ0n) is 11.0. The summed E-state index contributed by atoms with van der Waals surface area (Å²) < 4.78 is 5.27. The normalized spacial score (nSPS) is 20.0. The molecule has 1 aromatic carbocycles. The molecule has 3 rings (SSSR count). The second-order valence-electron chi connectivity index (χ2n) is 5.07. The number of ether oxygens (including phenoxy) is 1. The van der Waals surface area contributed by atoms with Crippen LogP contribution in [0.1, 0.15) is 19.3 Å². The van der Waals surface area contributed by atoms with Crippen molar-refractivity contribution >= 4 is 23.2 Å². The molecule has 5 nitrogen and oxygen atoms in total. The number of anilines is 2. The van der Waals surface area contributed by atoms with Crippen molar-refractivity contribution in [2.75, 3.05) is 17.2 Å². The molecule has 1 heterocycles. The lowest BCUT2D eigenvalue weighted by Gasteiger charge is -2.18. The summed E-state index contributed by atoms with van der Waals surface area (Å²) in [4.78, 5) is 23.2. The molecule has 5 heteroatoms. The van der Waals surface area contributed by atoms with Gasteiger partial charge in [0.2, 0.25) is 5.91 Å². The fourth-order valence-corrected chi connectivity index (χ4v) is 2.48. The largest absolute Gasteiger partial charge is 0.482 e. The lowest BCUT2D eigenvalue weighted by Crippen LogP contribution is -2.25. The minimum atomic E-state index is -0.183. The summed E-state index contributed by atoms with van der Waals surface area (Å²) in [5, 5.41) is 5.57. The van der Waals surface area contributed by atoms with Gasteiger partial charge in [0.05, 0.1) is 5.69 Å². The van der Waals surface area contributed by atoms with Gasteiger partial charge in [0, 0.05) is 12.1 Å². The van der Waals surface area contributed by atoms with Gasteiger partial charge in [0.1, 0.15) is 5.75 Å². The predicted octanol–water partition coefficient (Wildman–Crippen LogP) is 2.31. The number of benzene rings is 1. The number of rotatable bonds is 3. The third-order valence-electron chi connectivity index (χ3n) is 3.46. The highest BCUT2D eigenvalue weighted by Crippen LogP contribution is 2.30. The number of carbonyl (C=O) groups is 2. The van der Waals surface area contributed by atoms with Crippen LogP contribution in [-0.4, -0.2) is 18.4 Å². The number of carbonyl (C=O) groups excluding carboxylic acids is 2. The summed E-state index contributed by atoms with van der Waals surface area (Å²) in [7, 11) is 0. The van der Waals surface area contributed by atoms with Gasteiger partial charge in [-0.1, -0.05) is 12.2 Å². The molecule has 0 radical (unpaired) electrons. The summed E-state index contributed by atoms with van der Waals surface area (Å²) in [6, 6.07) is 5.24. The average Bonchev–Trinajstić information content (AvgIpc) is 2.91. The third kappa shape index (κ3) is 2.82. The molecule has 104 valence electrons. The second-order valence-corrected chi connectivity index (χ2v) is 5.07. The summed E-state index contributed by atoms with van der Waals surface area (Å²) in [5.74, 6) is 0.776. The Morgan fingerprint density at radius 2 is 2.35 bits per heavy atom. The third-order valence-corrected chi connectivity index (χ3v) is 3.46. The Balaban J connectivity index is 1.65. The quantitative estimate of drug-likeness (QED) is 0.830. The van der Waals surface area contributed by atoms with Crippen LogP contribution in [0.15, 0.2) is 30.4 Å². The van der Waals surface area contributed by atoms with Crippen LogP contribution >= 0.6 is 0 Å². The van der Waals surface area contributed by atoms with E-state index in [0.717, 1.165) is 12.8 Å². The van der Waals surface area contributed by atoms with Gasteiger partial charge >= 0.3 is 0 Å². The first-order chi connectivity index (χ1) is 9.70. The minimum Gasteiger partial charge on any atom is -0.482 e. The number of fused-ring (bicyclic) bond motifs is 1. The second kappa shape index (κ2) is 5.36. The topological polar surface area (TPSA) is 67.4 Å². The molecule has 0 unspecified atom stereocenters. The zero-order valence-corrected chi connectivity index (χ0v) is 11.0. The molecule has 0 spiro atoms. The van der Waals surface area contributed by atoms with Crippen molar-refractivity contribution < 1.29 is 14.3 Å². The highest BCUT2D eigenvalue weighted by molar-refractivity contribution is 5.97. The van der Waals surface area contributed by atoms with E-state index >= 15 is 0 Å². The van der Waals surface area contributed by atoms with Gasteiger partial charge in [-0.05, 0) is 37.0 Å². The van der Waals surface area contributed by atoms with Crippen LogP contribution < -0.4 is 15.4 Å². The molecular formula is C15H16N2O3. The van der Waals surface area contributed by atoms with Crippen molar-refractivity contribution in [2.45, 2.75) is 19.3 Å². The first-order valence-electron chi connectivity index (χ1n) is 6.74. The molecule has 2 aliphatic rings. The molecule has 0 aromatic heterocycles. The molecule has 0 bridgehead atoms. The average molecular weight is 272 g/mol. The van der Waals surface area contributed by atoms with Gasteiger partial charge in [-0.3, -0.25) is 9.59 Å². The monoisotopic (exact) mass is 272 g/mol. The summed E-state index contributed by atoms with van der Waals surface area (Å²) >= 11 is 0. The van der Waals surface area contributed by atoms with Crippen LogP contribution in [0.5, 0.6) is 5.75 Å². The Morgan fingerprint density at radius 3 is 3.15 bits per heavy atom. The summed E-state index contributed by atoms with van der Waals surface area (Å²) in [5.41, 5.74) is 1.27. The van der Waals surface area contributed by atoms with Gasteiger partial charge in [-0.25, -0.2) is 0 Å². The van der Waals surface area contributed by atoms with E-state index in [2.05, 4.69) is 22.8 Å². The lowest BCUT2D eigenvalue weighted by atomic mass is 10.1. The van der Waals surface area contributed by atoms with E-state index in [1.165, 1.54) is 0 Å². The van der Waals surface area contributed by atoms with Crippen molar-refractivity contribution in [1.29, 1.82) is 0 Å². The van der Waals surface area contributed by atoms with Gasteiger partial charge in [0.25, 0.3) is 5.91 Å². The van der Waals surface area contributed by atoms with Crippen molar-refractivity contribution in [3.05, 3.63) is 30.4 Å². The summed E-state index contributed by atoms with van der Waals surface area (Å²) in [6.07, 6.45) is 6.81. The van der Waals surface area contributed by atoms with Gasteiger partial charge < -0.3 is 15.4 Å². The van der Waals surface area contributed by atoms with Crippen LogP contribution in [0.3, 0.4) is 0 Å². The summed E-state index contributed by atoms with van der Waals surface area (Å²) in [6.45, 7) is 0.0344. The van der Waals surface area contributed by atoms with Gasteiger partial charge in [-0.15, -0.1) is 0 Å². The van der Waals surface area contributed by atoms with E-state index in [1.807, 2.05) is 0 Å². The molecule has 2 amide bonds. The minimum absolute atomic E-state index is 0.00967. The molecular weight excluding hydrogens is 256 g/mol. The first-order valence-corrected chi connectivity index (χ1v) is 6.74. The zero-order chi connectivity index (χ0) is 13.9. The molecule has 1 aromatic rings.